The van der Waals surface area contributed by atoms with Crippen molar-refractivity contribution in [3.05, 3.63) is 16.1 Å². The van der Waals surface area contributed by atoms with Crippen molar-refractivity contribution in [2.75, 3.05) is 19.8 Å². The van der Waals surface area contributed by atoms with Crippen molar-refractivity contribution >= 4 is 17.2 Å². The fourth-order valence-electron chi connectivity index (χ4n) is 1.47. The number of nitrogens with two attached hydrogens (primary N) is 1. The lowest BCUT2D eigenvalue weighted by atomic mass is 10.1. The van der Waals surface area contributed by atoms with E-state index in [0.717, 1.165) is 12.1 Å². The van der Waals surface area contributed by atoms with E-state index in [1.54, 1.807) is 25.2 Å². The molecule has 20 heavy (non-hydrogen) atoms. The number of β-amino-alcohol motifs (C(OH)–C–C–N with tert-alkyl or cyclic N) is 1. The van der Waals surface area contributed by atoms with E-state index in [9.17, 15) is 9.90 Å². The first-order chi connectivity index (χ1) is 9.33. The second-order valence-electron chi connectivity index (χ2n) is 5.21. The normalized spacial score (nSPS) is 13.4. The lowest BCUT2D eigenvalue weighted by Gasteiger charge is -2.24. The van der Waals surface area contributed by atoms with E-state index in [-0.39, 0.29) is 13.2 Å². The van der Waals surface area contributed by atoms with Crippen molar-refractivity contribution in [1.82, 2.24) is 10.3 Å². The molecule has 6 nitrogen and oxygen atoms in total. The monoisotopic (exact) mass is 301 g/mol. The van der Waals surface area contributed by atoms with E-state index < -0.39 is 17.6 Å². The van der Waals surface area contributed by atoms with Gasteiger partial charge >= 0.3 is 0 Å². The van der Waals surface area contributed by atoms with Crippen molar-refractivity contribution in [2.24, 2.45) is 5.73 Å². The molecule has 0 aromatic carbocycles. The van der Waals surface area contributed by atoms with E-state index in [0.29, 0.717) is 6.61 Å². The Balaban J connectivity index is 2.16. The summed E-state index contributed by atoms with van der Waals surface area (Å²) < 4.78 is 5.42. The first-order valence-electron chi connectivity index (χ1n) is 6.52. The number of amides is 1. The number of nitrogens with one attached hydrogen (secondary N) is 1. The summed E-state index contributed by atoms with van der Waals surface area (Å²) in [6.45, 7) is 6.34. The Morgan fingerprint density at radius 2 is 2.35 bits per heavy atom. The molecule has 1 heterocycles. The van der Waals surface area contributed by atoms with Crippen LogP contribution in [0.3, 0.4) is 0 Å². The molecule has 1 atom stereocenters. The highest BCUT2D eigenvalue weighted by Crippen LogP contribution is 2.12. The molecule has 1 aromatic rings. The molecule has 0 spiro atoms. The number of nitrogens with zero attached hydrogens (tertiary/aromatic N) is 1. The number of aliphatic hydroxyl groups excluding tert-OH is 1. The summed E-state index contributed by atoms with van der Waals surface area (Å²) in [5.41, 5.74) is 7.24. The maximum Gasteiger partial charge on any atom is 0.237 e. The molecular weight excluding hydrogens is 278 g/mol. The van der Waals surface area contributed by atoms with Crippen LogP contribution in [0.2, 0.25) is 0 Å². The van der Waals surface area contributed by atoms with Gasteiger partial charge in [-0.05, 0) is 20.8 Å². The number of hydrogen-bond donors (Lipinski definition) is 3. The lowest BCUT2D eigenvalue weighted by Crippen LogP contribution is -2.53. The Labute approximate surface area is 123 Å². The number of carbonyl (C=O) groups excluding carboxylic acids is 1. The van der Waals surface area contributed by atoms with Crippen LogP contribution in [-0.4, -0.2) is 47.4 Å². The minimum atomic E-state index is -0.833. The summed E-state index contributed by atoms with van der Waals surface area (Å²) in [7, 11) is 0. The van der Waals surface area contributed by atoms with Crippen molar-refractivity contribution in [3.63, 3.8) is 0 Å². The maximum atomic E-state index is 11.1. The van der Waals surface area contributed by atoms with Gasteiger partial charge in [-0.1, -0.05) is 0 Å². The highest BCUT2D eigenvalue weighted by Gasteiger charge is 2.24. The third-order valence-corrected chi connectivity index (χ3v) is 4.02. The SMILES string of the molecule is Cc1ncsc1CCOCC(O)CNC(C)(C)C(N)=O. The van der Waals surface area contributed by atoms with Gasteiger partial charge < -0.3 is 20.9 Å². The van der Waals surface area contributed by atoms with Crippen LogP contribution in [0.4, 0.5) is 0 Å². The molecule has 0 saturated heterocycles. The zero-order valence-corrected chi connectivity index (χ0v) is 13.0. The van der Waals surface area contributed by atoms with E-state index in [2.05, 4.69) is 10.3 Å². The van der Waals surface area contributed by atoms with E-state index in [1.807, 2.05) is 12.4 Å². The molecule has 1 amide bonds. The Morgan fingerprint density at radius 3 is 2.90 bits per heavy atom. The fourth-order valence-corrected chi connectivity index (χ4v) is 2.23. The zero-order valence-electron chi connectivity index (χ0n) is 12.2. The smallest absolute Gasteiger partial charge is 0.237 e. The zero-order chi connectivity index (χ0) is 15.2. The molecule has 0 aliphatic rings. The fraction of sp³-hybridized carbons (Fsp3) is 0.692. The van der Waals surface area contributed by atoms with E-state index in [4.69, 9.17) is 10.5 Å². The number of aliphatic hydroxyl groups is 1. The minimum Gasteiger partial charge on any atom is -0.389 e. The van der Waals surface area contributed by atoms with Gasteiger partial charge in [-0.15, -0.1) is 11.3 Å². The van der Waals surface area contributed by atoms with Gasteiger partial charge in [-0.25, -0.2) is 4.98 Å². The summed E-state index contributed by atoms with van der Waals surface area (Å²) in [5, 5.41) is 12.7. The molecule has 0 bridgehead atoms. The quantitative estimate of drug-likeness (QED) is 0.567. The molecule has 0 saturated carbocycles. The lowest BCUT2D eigenvalue weighted by molar-refractivity contribution is -0.123. The summed E-state index contributed by atoms with van der Waals surface area (Å²) in [5.74, 6) is -0.453. The Kier molecular flexibility index (Phi) is 6.54. The molecule has 1 unspecified atom stereocenters. The second-order valence-corrected chi connectivity index (χ2v) is 6.15. The van der Waals surface area contributed by atoms with Gasteiger partial charge in [-0.2, -0.15) is 0 Å². The highest BCUT2D eigenvalue weighted by atomic mass is 32.1. The Hall–Kier alpha value is -1.02. The molecule has 114 valence electrons. The van der Waals surface area contributed by atoms with Crippen molar-refractivity contribution in [3.8, 4) is 0 Å². The van der Waals surface area contributed by atoms with E-state index in [1.165, 1.54) is 4.88 Å². The number of hydrogen-bond acceptors (Lipinski definition) is 6. The number of primary amides is 1. The molecule has 1 aromatic heterocycles. The molecule has 4 N–H and O–H groups in total. The summed E-state index contributed by atoms with van der Waals surface area (Å²) in [6, 6.07) is 0. The standard InChI is InChI=1S/C13H23N3O3S/c1-9-11(20-8-15-9)4-5-19-7-10(17)6-16-13(2,3)12(14)18/h8,10,16-17H,4-7H2,1-3H3,(H2,14,18). The van der Waals surface area contributed by atoms with Crippen molar-refractivity contribution < 1.29 is 14.6 Å². The molecule has 1 rings (SSSR count). The first-order valence-corrected chi connectivity index (χ1v) is 7.40. The van der Waals surface area contributed by atoms with Crippen molar-refractivity contribution in [2.45, 2.75) is 38.8 Å². The number of thiazole rings is 1. The molecule has 0 aliphatic carbocycles. The van der Waals surface area contributed by atoms with Crippen LogP contribution in [0.1, 0.15) is 24.4 Å². The van der Waals surface area contributed by atoms with Gasteiger partial charge in [0.2, 0.25) is 5.91 Å². The molecule has 0 radical (unpaired) electrons. The summed E-state index contributed by atoms with van der Waals surface area (Å²) in [6.07, 6.45) is 0.125. The van der Waals surface area contributed by atoms with E-state index >= 15 is 0 Å². The van der Waals surface area contributed by atoms with Gasteiger partial charge in [0.1, 0.15) is 0 Å². The van der Waals surface area contributed by atoms with Crippen LogP contribution in [0.15, 0.2) is 5.51 Å². The predicted octanol–water partition coefficient (Wildman–Crippen LogP) is 0.225. The molecular formula is C13H23N3O3S. The molecule has 7 heteroatoms. The predicted molar refractivity (Wildman–Crippen MR) is 78.7 cm³/mol. The summed E-state index contributed by atoms with van der Waals surface area (Å²) in [4.78, 5) is 16.5. The largest absolute Gasteiger partial charge is 0.389 e. The van der Waals surface area contributed by atoms with Crippen LogP contribution in [0.25, 0.3) is 0 Å². The van der Waals surface area contributed by atoms with Crippen LogP contribution >= 0.6 is 11.3 Å². The van der Waals surface area contributed by atoms with Gasteiger partial charge in [-0.3, -0.25) is 4.79 Å². The summed E-state index contributed by atoms with van der Waals surface area (Å²) >= 11 is 1.61. The molecule has 0 aliphatic heterocycles. The third kappa shape index (κ3) is 5.54. The number of aryl methyl sites for hydroxylation is 1. The highest BCUT2D eigenvalue weighted by molar-refractivity contribution is 7.09. The Bertz CT molecular complexity index is 434. The average Bonchev–Trinajstić information content (AvgIpc) is 2.78. The van der Waals surface area contributed by atoms with Gasteiger partial charge in [0.25, 0.3) is 0 Å². The van der Waals surface area contributed by atoms with Gasteiger partial charge in [0.15, 0.2) is 0 Å². The van der Waals surface area contributed by atoms with Gasteiger partial charge in [0, 0.05) is 17.8 Å². The number of rotatable bonds is 9. The first kappa shape index (κ1) is 17.0. The third-order valence-electron chi connectivity index (χ3n) is 3.02. The molecule has 0 fully saturated rings. The van der Waals surface area contributed by atoms with Gasteiger partial charge in [0.05, 0.1) is 36.1 Å². The second kappa shape index (κ2) is 7.68. The Morgan fingerprint density at radius 1 is 1.65 bits per heavy atom. The number of ether oxygens (including phenoxy) is 1. The topological polar surface area (TPSA) is 97.5 Å². The van der Waals surface area contributed by atoms with Crippen LogP contribution < -0.4 is 11.1 Å². The number of aromatic nitrogens is 1. The van der Waals surface area contributed by atoms with Crippen LogP contribution in [-0.2, 0) is 16.0 Å². The minimum absolute atomic E-state index is 0.222. The number of carbonyl (C=O) groups is 1. The van der Waals surface area contributed by atoms with Crippen LogP contribution in [0.5, 0.6) is 0 Å². The maximum absolute atomic E-state index is 11.1. The van der Waals surface area contributed by atoms with Crippen LogP contribution in [0, 0.1) is 6.92 Å². The average molecular weight is 301 g/mol. The van der Waals surface area contributed by atoms with Crippen molar-refractivity contribution in [1.29, 1.82) is 0 Å².